The molecule has 5 nitrogen and oxygen atoms in total. The van der Waals surface area contributed by atoms with Gasteiger partial charge in [0.05, 0.1) is 30.3 Å². The fourth-order valence-corrected chi connectivity index (χ4v) is 5.32. The van der Waals surface area contributed by atoms with E-state index in [9.17, 15) is 13.5 Å². The number of morpholine rings is 1. The minimum absolute atomic E-state index is 0.0377. The van der Waals surface area contributed by atoms with Gasteiger partial charge in [-0.3, -0.25) is 0 Å². The molecule has 0 unspecified atom stereocenters. The van der Waals surface area contributed by atoms with Crippen molar-refractivity contribution in [2.24, 2.45) is 5.92 Å². The number of benzene rings is 1. The molecule has 1 saturated heterocycles. The maximum absolute atomic E-state index is 13.0. The first kappa shape index (κ1) is 16.9. The van der Waals surface area contributed by atoms with Gasteiger partial charge in [0.15, 0.2) is 0 Å². The zero-order chi connectivity index (χ0) is 16.4. The van der Waals surface area contributed by atoms with E-state index in [2.05, 4.69) is 0 Å². The zero-order valence-electron chi connectivity index (χ0n) is 13.5. The van der Waals surface area contributed by atoms with Crippen molar-refractivity contribution in [3.63, 3.8) is 0 Å². The van der Waals surface area contributed by atoms with Gasteiger partial charge < -0.3 is 9.84 Å². The Morgan fingerprint density at radius 2 is 1.87 bits per heavy atom. The molecule has 1 aliphatic heterocycles. The topological polar surface area (TPSA) is 66.8 Å². The van der Waals surface area contributed by atoms with Crippen molar-refractivity contribution in [1.29, 1.82) is 0 Å². The van der Waals surface area contributed by atoms with Gasteiger partial charge in [0.2, 0.25) is 10.0 Å². The number of sulfonamides is 1. The third-order valence-corrected chi connectivity index (χ3v) is 6.96. The Morgan fingerprint density at radius 3 is 2.57 bits per heavy atom. The maximum Gasteiger partial charge on any atom is 0.243 e. The Kier molecular flexibility index (Phi) is 5.06. The molecule has 23 heavy (non-hydrogen) atoms. The number of hydrogen-bond donors (Lipinski definition) is 1. The van der Waals surface area contributed by atoms with Crippen molar-refractivity contribution in [3.8, 4) is 0 Å². The number of hydrogen-bond acceptors (Lipinski definition) is 4. The summed E-state index contributed by atoms with van der Waals surface area (Å²) in [6.45, 7) is 3.06. The standard InChI is InChI=1S/C17H25NO4S/c1-13-6-8-14(9-7-13)23(20,21)18-10-11-22-12-16(18)15-4-2-3-5-17(15)19/h6-9,15-17,19H,2-5,10-12H2,1H3/t15-,16+,17+/m0/s1. The SMILES string of the molecule is Cc1ccc(S(=O)(=O)N2CCOC[C@@H]2[C@@H]2CCCC[C@H]2O)cc1. The second-order valence-corrected chi connectivity index (χ2v) is 8.48. The molecule has 1 saturated carbocycles. The molecule has 2 fully saturated rings. The number of aliphatic hydroxyl groups is 1. The highest BCUT2D eigenvalue weighted by Gasteiger charge is 2.41. The van der Waals surface area contributed by atoms with Gasteiger partial charge in [0.1, 0.15) is 0 Å². The van der Waals surface area contributed by atoms with E-state index in [1.165, 1.54) is 0 Å². The van der Waals surface area contributed by atoms with Crippen LogP contribution >= 0.6 is 0 Å². The smallest absolute Gasteiger partial charge is 0.243 e. The molecular weight excluding hydrogens is 314 g/mol. The average Bonchev–Trinajstić information content (AvgIpc) is 2.56. The molecule has 0 amide bonds. The fraction of sp³-hybridized carbons (Fsp3) is 0.647. The van der Waals surface area contributed by atoms with Crippen LogP contribution in [0.3, 0.4) is 0 Å². The lowest BCUT2D eigenvalue weighted by molar-refractivity contribution is -0.0379. The molecule has 3 rings (SSSR count). The van der Waals surface area contributed by atoms with Crippen LogP contribution in [0.1, 0.15) is 31.2 Å². The van der Waals surface area contributed by atoms with E-state index < -0.39 is 16.1 Å². The summed E-state index contributed by atoms with van der Waals surface area (Å²) < 4.78 is 33.2. The highest BCUT2D eigenvalue weighted by Crippen LogP contribution is 2.33. The monoisotopic (exact) mass is 339 g/mol. The van der Waals surface area contributed by atoms with Gasteiger partial charge in [-0.15, -0.1) is 0 Å². The Morgan fingerprint density at radius 1 is 1.17 bits per heavy atom. The van der Waals surface area contributed by atoms with Crippen LogP contribution in [0, 0.1) is 12.8 Å². The van der Waals surface area contributed by atoms with Gasteiger partial charge in [0.25, 0.3) is 0 Å². The number of nitrogens with zero attached hydrogens (tertiary/aromatic N) is 1. The molecule has 1 aromatic carbocycles. The molecule has 128 valence electrons. The molecule has 1 heterocycles. The van der Waals surface area contributed by atoms with Crippen molar-refractivity contribution in [2.45, 2.75) is 49.6 Å². The van der Waals surface area contributed by atoms with Gasteiger partial charge in [-0.05, 0) is 31.9 Å². The maximum atomic E-state index is 13.0. The summed E-state index contributed by atoms with van der Waals surface area (Å²) in [5.74, 6) is -0.0377. The molecule has 0 aromatic heterocycles. The summed E-state index contributed by atoms with van der Waals surface area (Å²) in [7, 11) is -3.56. The molecule has 1 N–H and O–H groups in total. The number of ether oxygens (including phenoxy) is 1. The Bertz CT molecular complexity index is 628. The minimum Gasteiger partial charge on any atom is -0.393 e. The van der Waals surface area contributed by atoms with Crippen molar-refractivity contribution in [3.05, 3.63) is 29.8 Å². The number of aryl methyl sites for hydroxylation is 1. The summed E-state index contributed by atoms with van der Waals surface area (Å²) in [5.41, 5.74) is 1.03. The minimum atomic E-state index is -3.56. The van der Waals surface area contributed by atoms with Crippen LogP contribution in [0.2, 0.25) is 0 Å². The summed E-state index contributed by atoms with van der Waals surface area (Å²) >= 11 is 0. The Balaban J connectivity index is 1.89. The molecule has 3 atom stereocenters. The van der Waals surface area contributed by atoms with E-state index in [-0.39, 0.29) is 12.0 Å². The predicted octanol–water partition coefficient (Wildman–Crippen LogP) is 1.94. The molecule has 0 radical (unpaired) electrons. The van der Waals surface area contributed by atoms with Gasteiger partial charge in [-0.1, -0.05) is 30.5 Å². The largest absolute Gasteiger partial charge is 0.393 e. The van der Waals surface area contributed by atoms with Crippen LogP contribution in [-0.2, 0) is 14.8 Å². The second-order valence-electron chi connectivity index (χ2n) is 6.59. The lowest BCUT2D eigenvalue weighted by Gasteiger charge is -2.42. The fourth-order valence-electron chi connectivity index (χ4n) is 3.68. The van der Waals surface area contributed by atoms with Gasteiger partial charge in [-0.25, -0.2) is 8.42 Å². The highest BCUT2D eigenvalue weighted by molar-refractivity contribution is 7.89. The van der Waals surface area contributed by atoms with Gasteiger partial charge in [0, 0.05) is 12.5 Å². The summed E-state index contributed by atoms with van der Waals surface area (Å²) in [6.07, 6.45) is 3.22. The normalized spacial score (nSPS) is 30.3. The summed E-state index contributed by atoms with van der Waals surface area (Å²) in [6, 6.07) is 6.68. The second kappa shape index (κ2) is 6.89. The van der Waals surface area contributed by atoms with Crippen molar-refractivity contribution in [1.82, 2.24) is 4.31 Å². The quantitative estimate of drug-likeness (QED) is 0.914. The Hall–Kier alpha value is -0.950. The summed E-state index contributed by atoms with van der Waals surface area (Å²) in [4.78, 5) is 0.320. The lowest BCUT2D eigenvalue weighted by atomic mass is 9.81. The number of rotatable bonds is 3. The first-order valence-electron chi connectivity index (χ1n) is 8.34. The van der Waals surface area contributed by atoms with Crippen molar-refractivity contribution < 1.29 is 18.3 Å². The zero-order valence-corrected chi connectivity index (χ0v) is 14.3. The van der Waals surface area contributed by atoms with Crippen LogP contribution < -0.4 is 0 Å². The van der Waals surface area contributed by atoms with E-state index in [1.54, 1.807) is 16.4 Å². The molecule has 1 aliphatic carbocycles. The molecule has 1 aromatic rings. The third kappa shape index (κ3) is 3.45. The third-order valence-electron chi connectivity index (χ3n) is 5.02. The van der Waals surface area contributed by atoms with Crippen LogP contribution in [-0.4, -0.2) is 49.7 Å². The van der Waals surface area contributed by atoms with E-state index in [4.69, 9.17) is 4.74 Å². The average molecular weight is 339 g/mol. The molecule has 2 aliphatic rings. The van der Waals surface area contributed by atoms with Crippen molar-refractivity contribution >= 4 is 10.0 Å². The molecule has 0 spiro atoms. The predicted molar refractivity (Wildman–Crippen MR) is 87.6 cm³/mol. The van der Waals surface area contributed by atoms with Gasteiger partial charge >= 0.3 is 0 Å². The summed E-state index contributed by atoms with van der Waals surface area (Å²) in [5, 5.41) is 10.3. The van der Waals surface area contributed by atoms with E-state index >= 15 is 0 Å². The van der Waals surface area contributed by atoms with Gasteiger partial charge in [-0.2, -0.15) is 4.31 Å². The highest BCUT2D eigenvalue weighted by atomic mass is 32.2. The van der Waals surface area contributed by atoms with Crippen LogP contribution in [0.4, 0.5) is 0 Å². The van der Waals surface area contributed by atoms with E-state index in [0.717, 1.165) is 31.2 Å². The van der Waals surface area contributed by atoms with Crippen LogP contribution in [0.25, 0.3) is 0 Å². The molecule has 6 heteroatoms. The van der Waals surface area contributed by atoms with E-state index in [1.807, 2.05) is 19.1 Å². The lowest BCUT2D eigenvalue weighted by Crippen LogP contribution is -2.54. The van der Waals surface area contributed by atoms with Crippen LogP contribution in [0.15, 0.2) is 29.2 Å². The molecular formula is C17H25NO4S. The molecule has 0 bridgehead atoms. The number of aliphatic hydroxyl groups excluding tert-OH is 1. The first-order chi connectivity index (χ1) is 11.0. The first-order valence-corrected chi connectivity index (χ1v) is 9.78. The Labute approximate surface area is 138 Å². The van der Waals surface area contributed by atoms with Crippen molar-refractivity contribution in [2.75, 3.05) is 19.8 Å². The van der Waals surface area contributed by atoms with E-state index in [0.29, 0.717) is 24.7 Å². The van der Waals surface area contributed by atoms with Crippen LogP contribution in [0.5, 0.6) is 0 Å².